The fourth-order valence-corrected chi connectivity index (χ4v) is 1.32. The minimum absolute atomic E-state index is 0. The fourth-order valence-electron chi connectivity index (χ4n) is 1.32. The van der Waals surface area contributed by atoms with Crippen LogP contribution in [0.15, 0.2) is 0 Å². The second-order valence-corrected chi connectivity index (χ2v) is 3.29. The summed E-state index contributed by atoms with van der Waals surface area (Å²) >= 11 is 0. The van der Waals surface area contributed by atoms with Gasteiger partial charge in [0.1, 0.15) is 0 Å². The maximum atomic E-state index is 10.6. The molecule has 0 aromatic rings. The molecule has 2 nitrogen and oxygen atoms in total. The summed E-state index contributed by atoms with van der Waals surface area (Å²) in [4.78, 5) is 10.6. The van der Waals surface area contributed by atoms with Gasteiger partial charge in [-0.25, -0.2) is 0 Å². The van der Waals surface area contributed by atoms with Crippen molar-refractivity contribution in [1.82, 2.24) is 0 Å². The van der Waals surface area contributed by atoms with Gasteiger partial charge in [0.25, 0.3) is 0 Å². The number of carbonyl (C=O) groups is 1. The Bertz CT molecular complexity index is 126. The largest absolute Gasteiger partial charge is 0.481 e. The van der Waals surface area contributed by atoms with Crippen LogP contribution in [0.1, 0.15) is 52.4 Å². The Morgan fingerprint density at radius 2 is 1.85 bits per heavy atom. The van der Waals surface area contributed by atoms with Crippen molar-refractivity contribution in [2.75, 3.05) is 0 Å². The summed E-state index contributed by atoms with van der Waals surface area (Å²) in [5.41, 5.74) is 0. The molecule has 0 aromatic heterocycles. The molecule has 0 saturated carbocycles. The van der Waals surface area contributed by atoms with Crippen molar-refractivity contribution >= 4 is 5.97 Å². The summed E-state index contributed by atoms with van der Waals surface area (Å²) in [7, 11) is 0. The first-order chi connectivity index (χ1) is 5.72. The van der Waals surface area contributed by atoms with E-state index in [9.17, 15) is 4.79 Å². The summed E-state index contributed by atoms with van der Waals surface area (Å²) in [6.07, 6.45) is 6.31. The smallest absolute Gasteiger partial charge is 0.306 e. The monoisotopic (exact) mass is 262 g/mol. The molecule has 0 aliphatic rings. The van der Waals surface area contributed by atoms with Crippen molar-refractivity contribution in [1.29, 1.82) is 0 Å². The molecule has 0 amide bonds. The molecule has 1 unspecified atom stereocenters. The maximum absolute atomic E-state index is 10.6. The molecular weight excluding hydrogens is 243 g/mol. The molecule has 13 heavy (non-hydrogen) atoms. The molecular formula is C10H20O2Zr. The number of aliphatic carboxylic acids is 1. The minimum Gasteiger partial charge on any atom is -0.481 e. The third-order valence-electron chi connectivity index (χ3n) is 2.25. The topological polar surface area (TPSA) is 37.3 Å². The normalized spacial score (nSPS) is 11.8. The first-order valence-electron chi connectivity index (χ1n) is 4.95. The molecule has 3 heteroatoms. The van der Waals surface area contributed by atoms with Crippen LogP contribution in [-0.4, -0.2) is 11.1 Å². The predicted octanol–water partition coefficient (Wildman–Crippen LogP) is 3.07. The van der Waals surface area contributed by atoms with E-state index in [1.807, 2.05) is 6.92 Å². The van der Waals surface area contributed by atoms with Crippen LogP contribution < -0.4 is 0 Å². The van der Waals surface area contributed by atoms with Gasteiger partial charge in [0.2, 0.25) is 0 Å². The van der Waals surface area contributed by atoms with Gasteiger partial charge in [-0.3, -0.25) is 4.79 Å². The zero-order valence-electron chi connectivity index (χ0n) is 8.68. The molecule has 0 saturated heterocycles. The van der Waals surface area contributed by atoms with Crippen LogP contribution in [0.5, 0.6) is 0 Å². The van der Waals surface area contributed by atoms with E-state index in [-0.39, 0.29) is 32.1 Å². The van der Waals surface area contributed by atoms with Crippen LogP contribution in [0, 0.1) is 5.92 Å². The third kappa shape index (κ3) is 8.68. The number of carboxylic acids is 1. The predicted molar refractivity (Wildman–Crippen MR) is 50.2 cm³/mol. The van der Waals surface area contributed by atoms with E-state index >= 15 is 0 Å². The van der Waals surface area contributed by atoms with Crippen molar-refractivity contribution in [3.63, 3.8) is 0 Å². The van der Waals surface area contributed by atoms with Crippen molar-refractivity contribution in [2.45, 2.75) is 52.4 Å². The molecule has 0 bridgehead atoms. The van der Waals surface area contributed by atoms with Crippen molar-refractivity contribution < 1.29 is 36.1 Å². The van der Waals surface area contributed by atoms with Crippen LogP contribution in [0.3, 0.4) is 0 Å². The minimum atomic E-state index is -0.631. The zero-order valence-corrected chi connectivity index (χ0v) is 11.1. The first-order valence-corrected chi connectivity index (χ1v) is 4.95. The second kappa shape index (κ2) is 10.4. The van der Waals surface area contributed by atoms with Gasteiger partial charge in [0.15, 0.2) is 0 Å². The SMILES string of the molecule is CCCCCCC(CC)C(=O)O.[Zr]. The average molecular weight is 263 g/mol. The molecule has 1 N–H and O–H groups in total. The Kier molecular flexibility index (Phi) is 12.7. The molecule has 0 aliphatic carbocycles. The van der Waals surface area contributed by atoms with Gasteiger partial charge >= 0.3 is 5.97 Å². The summed E-state index contributed by atoms with van der Waals surface area (Å²) in [6.45, 7) is 4.10. The Morgan fingerprint density at radius 1 is 1.23 bits per heavy atom. The van der Waals surface area contributed by atoms with Crippen molar-refractivity contribution in [3.05, 3.63) is 0 Å². The van der Waals surface area contributed by atoms with Crippen LogP contribution in [-0.2, 0) is 31.0 Å². The maximum Gasteiger partial charge on any atom is 0.306 e. The Labute approximate surface area is 100 Å². The molecule has 0 heterocycles. The van der Waals surface area contributed by atoms with E-state index in [2.05, 4.69) is 6.92 Å². The van der Waals surface area contributed by atoms with Gasteiger partial charge in [-0.15, -0.1) is 0 Å². The van der Waals surface area contributed by atoms with Gasteiger partial charge in [-0.05, 0) is 12.8 Å². The fraction of sp³-hybridized carbons (Fsp3) is 0.900. The van der Waals surface area contributed by atoms with E-state index in [4.69, 9.17) is 5.11 Å². The first kappa shape index (κ1) is 15.8. The average Bonchev–Trinajstić information content (AvgIpc) is 2.04. The second-order valence-electron chi connectivity index (χ2n) is 3.29. The summed E-state index contributed by atoms with van der Waals surface area (Å²) in [6, 6.07) is 0. The number of unbranched alkanes of at least 4 members (excludes halogenated alkanes) is 3. The Morgan fingerprint density at radius 3 is 2.23 bits per heavy atom. The van der Waals surface area contributed by atoms with Gasteiger partial charge in [-0.2, -0.15) is 0 Å². The van der Waals surface area contributed by atoms with E-state index in [1.54, 1.807) is 0 Å². The Hall–Kier alpha value is 0.353. The molecule has 0 radical (unpaired) electrons. The number of hydrogen-bond acceptors (Lipinski definition) is 1. The van der Waals surface area contributed by atoms with Gasteiger partial charge in [0.05, 0.1) is 5.92 Å². The molecule has 1 atom stereocenters. The summed E-state index contributed by atoms with van der Waals surface area (Å²) in [5, 5.41) is 8.73. The number of rotatable bonds is 7. The molecule has 0 aromatic carbocycles. The van der Waals surface area contributed by atoms with Gasteiger partial charge in [0, 0.05) is 26.2 Å². The molecule has 0 spiro atoms. The van der Waals surface area contributed by atoms with E-state index in [0.29, 0.717) is 0 Å². The molecule has 0 aliphatic heterocycles. The van der Waals surface area contributed by atoms with Crippen molar-refractivity contribution in [2.24, 2.45) is 5.92 Å². The van der Waals surface area contributed by atoms with Crippen LogP contribution in [0.2, 0.25) is 0 Å². The van der Waals surface area contributed by atoms with E-state index < -0.39 is 5.97 Å². The molecule has 0 rings (SSSR count). The quantitative estimate of drug-likeness (QED) is 0.717. The standard InChI is InChI=1S/C10H20O2.Zr/c1-3-5-6-7-8-9(4-2)10(11)12;/h9H,3-8H2,1-2H3,(H,11,12);. The molecule has 0 fully saturated rings. The van der Waals surface area contributed by atoms with Crippen LogP contribution in [0.25, 0.3) is 0 Å². The zero-order chi connectivity index (χ0) is 9.40. The third-order valence-corrected chi connectivity index (χ3v) is 2.25. The summed E-state index contributed by atoms with van der Waals surface area (Å²) < 4.78 is 0. The van der Waals surface area contributed by atoms with E-state index in [0.717, 1.165) is 19.3 Å². The number of carboxylic acid groups (broad SMARTS) is 1. The number of hydrogen-bond donors (Lipinski definition) is 1. The molecule has 76 valence electrons. The van der Waals surface area contributed by atoms with Gasteiger partial charge in [-0.1, -0.05) is 39.5 Å². The summed E-state index contributed by atoms with van der Waals surface area (Å²) in [5.74, 6) is -0.740. The van der Waals surface area contributed by atoms with Crippen LogP contribution >= 0.6 is 0 Å². The van der Waals surface area contributed by atoms with Crippen molar-refractivity contribution in [3.8, 4) is 0 Å². The van der Waals surface area contributed by atoms with Gasteiger partial charge < -0.3 is 5.11 Å². The Balaban J connectivity index is 0. The van der Waals surface area contributed by atoms with Crippen LogP contribution in [0.4, 0.5) is 0 Å². The van der Waals surface area contributed by atoms with E-state index in [1.165, 1.54) is 19.3 Å².